The Labute approximate surface area is 72.0 Å². The van der Waals surface area contributed by atoms with Crippen LogP contribution in [0, 0.1) is 6.07 Å². The van der Waals surface area contributed by atoms with Crippen molar-refractivity contribution in [3.8, 4) is 0 Å². The van der Waals surface area contributed by atoms with Crippen molar-refractivity contribution in [1.29, 1.82) is 0 Å². The van der Waals surface area contributed by atoms with Gasteiger partial charge in [0.05, 0.1) is 5.52 Å². The molecule has 0 saturated carbocycles. The fraction of sp³-hybridized carbons (Fsp3) is 0. The van der Waals surface area contributed by atoms with Crippen LogP contribution in [0.3, 0.4) is 0 Å². The number of carbonyl (C=O) groups excluding carboxylic acids is 1. The molecule has 3 N–H and O–H groups in total. The molecule has 0 fully saturated rings. The molecule has 2 aromatic heterocycles. The number of carbonyl (C=O) groups is 1. The molecule has 2 heterocycles. The minimum Gasteiger partial charge on any atom is -0.351 e. The van der Waals surface area contributed by atoms with Gasteiger partial charge in [-0.2, -0.15) is 0 Å². The number of rotatable bonds is 0. The molecule has 2 aromatic rings. The van der Waals surface area contributed by atoms with E-state index in [1.54, 1.807) is 0 Å². The zero-order valence-electron chi connectivity index (χ0n) is 6.44. The minimum absolute atomic E-state index is 0.322. The Morgan fingerprint density at radius 2 is 2.46 bits per heavy atom. The van der Waals surface area contributed by atoms with E-state index in [9.17, 15) is 9.59 Å². The van der Waals surface area contributed by atoms with Crippen molar-refractivity contribution in [2.75, 3.05) is 0 Å². The molecule has 0 unspecified atom stereocenters. The second kappa shape index (κ2) is 2.44. The van der Waals surface area contributed by atoms with E-state index < -0.39 is 11.7 Å². The third-order valence-corrected chi connectivity index (χ3v) is 1.62. The van der Waals surface area contributed by atoms with Crippen LogP contribution in [0.2, 0.25) is 0 Å². The van der Waals surface area contributed by atoms with Gasteiger partial charge in [-0.05, 0) is 6.07 Å². The third kappa shape index (κ3) is 0.994. The average molecular weight is 177 g/mol. The van der Waals surface area contributed by atoms with Gasteiger partial charge >= 0.3 is 11.7 Å². The van der Waals surface area contributed by atoms with Crippen LogP contribution in [0.5, 0.6) is 0 Å². The second-order valence-corrected chi connectivity index (χ2v) is 2.41. The van der Waals surface area contributed by atoms with Crippen LogP contribution in [0.4, 0.5) is 4.79 Å². The quantitative estimate of drug-likeness (QED) is 0.565. The SMILES string of the molecule is NC(=O)n1c(=O)[nH]c2nc[c]cc21. The highest BCUT2D eigenvalue weighted by atomic mass is 16.2. The molecule has 0 aliphatic rings. The summed E-state index contributed by atoms with van der Waals surface area (Å²) in [5.74, 6) is 0. The van der Waals surface area contributed by atoms with E-state index in [1.165, 1.54) is 12.3 Å². The summed E-state index contributed by atoms with van der Waals surface area (Å²) in [6.45, 7) is 0. The van der Waals surface area contributed by atoms with Gasteiger partial charge in [-0.1, -0.05) is 0 Å². The number of aromatic nitrogens is 3. The molecule has 0 aromatic carbocycles. The number of primary amides is 1. The highest BCUT2D eigenvalue weighted by Gasteiger charge is 2.10. The maximum absolute atomic E-state index is 11.1. The summed E-state index contributed by atoms with van der Waals surface area (Å²) < 4.78 is 0.804. The van der Waals surface area contributed by atoms with E-state index >= 15 is 0 Å². The molecule has 2 rings (SSSR count). The number of fused-ring (bicyclic) bond motifs is 1. The standard InChI is InChI=1S/C7H5N4O2/c8-6(12)11-4-2-1-3-9-5(4)10-7(11)13/h2-3H,(H2,8,12)(H,9,10,13). The van der Waals surface area contributed by atoms with Gasteiger partial charge in [-0.15, -0.1) is 0 Å². The van der Waals surface area contributed by atoms with E-state index in [2.05, 4.69) is 16.0 Å². The fourth-order valence-corrected chi connectivity index (χ4v) is 1.10. The molecule has 1 radical (unpaired) electrons. The van der Waals surface area contributed by atoms with Crippen molar-refractivity contribution in [1.82, 2.24) is 14.5 Å². The lowest BCUT2D eigenvalue weighted by Gasteiger charge is -1.93. The largest absolute Gasteiger partial charge is 0.351 e. The van der Waals surface area contributed by atoms with Crippen molar-refractivity contribution in [2.45, 2.75) is 0 Å². The molecule has 0 saturated heterocycles. The average Bonchev–Trinajstić information content (AvgIpc) is 2.39. The summed E-state index contributed by atoms with van der Waals surface area (Å²) in [6.07, 6.45) is 1.39. The first-order valence-electron chi connectivity index (χ1n) is 3.47. The van der Waals surface area contributed by atoms with E-state index in [0.717, 1.165) is 4.57 Å². The monoisotopic (exact) mass is 177 g/mol. The lowest BCUT2D eigenvalue weighted by molar-refractivity contribution is 0.250. The van der Waals surface area contributed by atoms with E-state index in [-0.39, 0.29) is 0 Å². The molecule has 6 heteroatoms. The zero-order valence-corrected chi connectivity index (χ0v) is 6.44. The lowest BCUT2D eigenvalue weighted by atomic mass is 10.4. The number of imidazole rings is 1. The molecule has 1 amide bonds. The van der Waals surface area contributed by atoms with Crippen LogP contribution in [0.15, 0.2) is 17.1 Å². The fourth-order valence-electron chi connectivity index (χ4n) is 1.10. The topological polar surface area (TPSA) is 93.8 Å². The molecule has 0 aliphatic carbocycles. The van der Waals surface area contributed by atoms with Crippen LogP contribution in [0.1, 0.15) is 0 Å². The van der Waals surface area contributed by atoms with E-state index in [1.807, 2.05) is 0 Å². The van der Waals surface area contributed by atoms with E-state index in [4.69, 9.17) is 5.73 Å². The Balaban J connectivity index is 2.95. The Hall–Kier alpha value is -2.11. The number of hydrogen-bond acceptors (Lipinski definition) is 3. The Bertz CT molecular complexity index is 525. The summed E-state index contributed by atoms with van der Waals surface area (Å²) in [6, 6.07) is 3.27. The number of aromatic amines is 1. The number of nitrogens with one attached hydrogen (secondary N) is 1. The zero-order chi connectivity index (χ0) is 9.42. The van der Waals surface area contributed by atoms with Crippen molar-refractivity contribution >= 4 is 17.2 Å². The summed E-state index contributed by atoms with van der Waals surface area (Å²) in [7, 11) is 0. The Morgan fingerprint density at radius 1 is 1.69 bits per heavy atom. The van der Waals surface area contributed by atoms with Crippen LogP contribution in [-0.2, 0) is 0 Å². The van der Waals surface area contributed by atoms with Gasteiger partial charge in [0, 0.05) is 12.3 Å². The smallest absolute Gasteiger partial charge is 0.335 e. The number of H-pyrrole nitrogens is 1. The first-order chi connectivity index (χ1) is 6.20. The predicted octanol–water partition coefficient (Wildman–Crippen LogP) is -0.548. The molecule has 6 nitrogen and oxygen atoms in total. The van der Waals surface area contributed by atoms with Gasteiger partial charge < -0.3 is 5.73 Å². The van der Waals surface area contributed by atoms with Crippen molar-refractivity contribution in [3.05, 3.63) is 28.8 Å². The number of nitrogens with two attached hydrogens (primary N) is 1. The molecule has 0 atom stereocenters. The van der Waals surface area contributed by atoms with Gasteiger partial charge in [0.25, 0.3) is 0 Å². The molecular weight excluding hydrogens is 172 g/mol. The van der Waals surface area contributed by atoms with E-state index in [0.29, 0.717) is 11.2 Å². The normalized spacial score (nSPS) is 10.5. The highest BCUT2D eigenvalue weighted by Crippen LogP contribution is 2.03. The first-order valence-corrected chi connectivity index (χ1v) is 3.47. The number of nitrogens with zero attached hydrogens (tertiary/aromatic N) is 2. The van der Waals surface area contributed by atoms with Gasteiger partial charge in [0.1, 0.15) is 0 Å². The molecular formula is C7H5N4O2. The Kier molecular flexibility index (Phi) is 1.42. The van der Waals surface area contributed by atoms with Gasteiger partial charge in [0.2, 0.25) is 0 Å². The van der Waals surface area contributed by atoms with Crippen LogP contribution < -0.4 is 11.4 Å². The summed E-state index contributed by atoms with van der Waals surface area (Å²) in [4.78, 5) is 28.1. The lowest BCUT2D eigenvalue weighted by Crippen LogP contribution is -2.29. The van der Waals surface area contributed by atoms with Crippen LogP contribution >= 0.6 is 0 Å². The summed E-state index contributed by atoms with van der Waals surface area (Å²) >= 11 is 0. The molecule has 0 spiro atoms. The maximum Gasteiger partial charge on any atom is 0.335 e. The predicted molar refractivity (Wildman–Crippen MR) is 44.2 cm³/mol. The van der Waals surface area contributed by atoms with Crippen molar-refractivity contribution in [2.24, 2.45) is 5.73 Å². The number of pyridine rings is 1. The van der Waals surface area contributed by atoms with Gasteiger partial charge in [-0.3, -0.25) is 4.98 Å². The van der Waals surface area contributed by atoms with Gasteiger partial charge in [0.15, 0.2) is 5.65 Å². The summed E-state index contributed by atoms with van der Waals surface area (Å²) in [5, 5.41) is 0. The number of hydrogen-bond donors (Lipinski definition) is 2. The van der Waals surface area contributed by atoms with Crippen molar-refractivity contribution in [3.63, 3.8) is 0 Å². The third-order valence-electron chi connectivity index (χ3n) is 1.62. The molecule has 13 heavy (non-hydrogen) atoms. The first kappa shape index (κ1) is 7.53. The maximum atomic E-state index is 11.1. The second-order valence-electron chi connectivity index (χ2n) is 2.41. The van der Waals surface area contributed by atoms with Crippen molar-refractivity contribution < 1.29 is 4.79 Å². The van der Waals surface area contributed by atoms with Crippen LogP contribution in [0.25, 0.3) is 11.2 Å². The Morgan fingerprint density at radius 3 is 3.15 bits per heavy atom. The molecule has 0 aliphatic heterocycles. The minimum atomic E-state index is -0.836. The highest BCUT2D eigenvalue weighted by molar-refractivity contribution is 5.86. The van der Waals surface area contributed by atoms with Crippen LogP contribution in [-0.4, -0.2) is 20.6 Å². The summed E-state index contributed by atoms with van der Waals surface area (Å²) in [5.41, 5.74) is 5.05. The number of amides is 1. The molecule has 65 valence electrons. The molecule has 0 bridgehead atoms. The van der Waals surface area contributed by atoms with Gasteiger partial charge in [-0.25, -0.2) is 19.1 Å².